The predicted octanol–water partition coefficient (Wildman–Crippen LogP) is 3.56. The molecule has 0 radical (unpaired) electrons. The van der Waals surface area contributed by atoms with Gasteiger partial charge in [0, 0.05) is 12.1 Å². The second kappa shape index (κ2) is 8.75. The third-order valence-corrected chi connectivity index (χ3v) is 3.74. The highest BCUT2D eigenvalue weighted by molar-refractivity contribution is 5.83. The van der Waals surface area contributed by atoms with Gasteiger partial charge in [-0.15, -0.1) is 0 Å². The van der Waals surface area contributed by atoms with E-state index in [2.05, 4.69) is 24.4 Å². The largest absolute Gasteiger partial charge is 0.483 e. The zero-order chi connectivity index (χ0) is 19.1. The Hall–Kier alpha value is -3.22. The highest BCUT2D eigenvalue weighted by Crippen LogP contribution is 2.24. The highest BCUT2D eigenvalue weighted by atomic mass is 16.6. The fourth-order valence-corrected chi connectivity index (χ4v) is 2.17. The van der Waals surface area contributed by atoms with Crippen LogP contribution in [0.4, 0.5) is 5.69 Å². The topological polar surface area (TPSA) is 93.8 Å². The van der Waals surface area contributed by atoms with Crippen LogP contribution >= 0.6 is 0 Å². The molecule has 2 aromatic carbocycles. The van der Waals surface area contributed by atoms with Crippen molar-refractivity contribution in [3.05, 3.63) is 69.3 Å². The van der Waals surface area contributed by atoms with Gasteiger partial charge in [0.1, 0.15) is 5.75 Å². The number of rotatable bonds is 7. The van der Waals surface area contributed by atoms with Crippen molar-refractivity contribution in [1.29, 1.82) is 0 Å². The Morgan fingerprint density at radius 2 is 1.96 bits per heavy atom. The minimum Gasteiger partial charge on any atom is -0.483 e. The number of non-ortho nitro benzene ring substituents is 1. The second-order valence-electron chi connectivity index (χ2n) is 6.11. The number of nitro groups is 1. The first-order chi connectivity index (χ1) is 12.4. The summed E-state index contributed by atoms with van der Waals surface area (Å²) in [5.41, 5.74) is 5.10. The minimum atomic E-state index is -0.476. The van der Waals surface area contributed by atoms with Crippen molar-refractivity contribution in [3.63, 3.8) is 0 Å². The van der Waals surface area contributed by atoms with Crippen molar-refractivity contribution < 1.29 is 14.5 Å². The van der Waals surface area contributed by atoms with Crippen molar-refractivity contribution >= 4 is 17.8 Å². The van der Waals surface area contributed by atoms with Gasteiger partial charge in [-0.3, -0.25) is 14.9 Å². The van der Waals surface area contributed by atoms with Crippen molar-refractivity contribution in [3.8, 4) is 5.75 Å². The molecule has 0 atom stereocenters. The fourth-order valence-electron chi connectivity index (χ4n) is 2.17. The van der Waals surface area contributed by atoms with Crippen LogP contribution in [0.2, 0.25) is 0 Å². The number of hydrogen-bond donors (Lipinski definition) is 1. The first-order valence-electron chi connectivity index (χ1n) is 8.16. The van der Waals surface area contributed by atoms with Crippen LogP contribution in [-0.2, 0) is 4.79 Å². The minimum absolute atomic E-state index is 0.00131. The molecule has 0 aliphatic carbocycles. The molecule has 1 amide bonds. The van der Waals surface area contributed by atoms with E-state index in [1.165, 1.54) is 18.3 Å². The fraction of sp³-hybridized carbons (Fsp3) is 0.263. The number of benzene rings is 2. The lowest BCUT2D eigenvalue weighted by Gasteiger charge is -2.12. The summed E-state index contributed by atoms with van der Waals surface area (Å²) in [5, 5.41) is 14.4. The molecule has 2 rings (SSSR count). The van der Waals surface area contributed by atoms with Gasteiger partial charge >= 0.3 is 0 Å². The van der Waals surface area contributed by atoms with Gasteiger partial charge in [-0.2, -0.15) is 5.10 Å². The first kappa shape index (κ1) is 19.1. The molecule has 0 aliphatic rings. The Labute approximate surface area is 151 Å². The maximum absolute atomic E-state index is 11.8. The predicted molar refractivity (Wildman–Crippen MR) is 99.6 cm³/mol. The van der Waals surface area contributed by atoms with Gasteiger partial charge in [0.25, 0.3) is 11.6 Å². The number of aryl methyl sites for hydroxylation is 1. The van der Waals surface area contributed by atoms with E-state index in [-0.39, 0.29) is 12.3 Å². The number of amides is 1. The molecule has 0 unspecified atom stereocenters. The number of carbonyl (C=O) groups is 1. The molecular formula is C19H21N3O4. The average Bonchev–Trinajstić information content (AvgIpc) is 2.61. The van der Waals surface area contributed by atoms with Crippen LogP contribution in [0.3, 0.4) is 0 Å². The van der Waals surface area contributed by atoms with Gasteiger partial charge < -0.3 is 4.74 Å². The van der Waals surface area contributed by atoms with E-state index in [9.17, 15) is 14.9 Å². The van der Waals surface area contributed by atoms with Crippen molar-refractivity contribution in [2.45, 2.75) is 26.7 Å². The molecule has 0 fully saturated rings. The smallest absolute Gasteiger partial charge is 0.277 e. The Balaban J connectivity index is 1.87. The molecule has 0 saturated carbocycles. The van der Waals surface area contributed by atoms with Crippen LogP contribution in [0.25, 0.3) is 0 Å². The summed E-state index contributed by atoms with van der Waals surface area (Å²) < 4.78 is 5.57. The second-order valence-corrected chi connectivity index (χ2v) is 6.11. The molecule has 0 saturated heterocycles. The summed E-state index contributed by atoms with van der Waals surface area (Å²) >= 11 is 0. The van der Waals surface area contributed by atoms with Gasteiger partial charge in [0.2, 0.25) is 0 Å². The van der Waals surface area contributed by atoms with E-state index in [1.54, 1.807) is 12.1 Å². The molecule has 7 nitrogen and oxygen atoms in total. The number of hydrogen-bond acceptors (Lipinski definition) is 5. The number of nitrogens with one attached hydrogen (secondary N) is 1. The van der Waals surface area contributed by atoms with Crippen molar-refractivity contribution in [1.82, 2.24) is 5.43 Å². The van der Waals surface area contributed by atoms with Crippen LogP contribution in [0, 0.1) is 17.0 Å². The van der Waals surface area contributed by atoms with Gasteiger partial charge in [0.15, 0.2) is 6.61 Å². The quantitative estimate of drug-likeness (QED) is 0.467. The third-order valence-electron chi connectivity index (χ3n) is 3.74. The maximum Gasteiger partial charge on any atom is 0.277 e. The molecule has 0 aromatic heterocycles. The van der Waals surface area contributed by atoms with E-state index in [4.69, 9.17) is 4.74 Å². The van der Waals surface area contributed by atoms with E-state index in [0.717, 1.165) is 11.1 Å². The first-order valence-corrected chi connectivity index (χ1v) is 8.16. The summed E-state index contributed by atoms with van der Waals surface area (Å²) in [6, 6.07) is 11.8. The van der Waals surface area contributed by atoms with Crippen LogP contribution in [0.1, 0.15) is 36.5 Å². The Morgan fingerprint density at radius 3 is 2.58 bits per heavy atom. The van der Waals surface area contributed by atoms with E-state index >= 15 is 0 Å². The summed E-state index contributed by atoms with van der Waals surface area (Å²) in [6.07, 6.45) is 1.41. The SMILES string of the molecule is Cc1ccc(C(C)C)cc1OCC(=O)N/N=C/c1ccc([N+](=O)[O-])cc1. The molecular weight excluding hydrogens is 334 g/mol. The van der Waals surface area contributed by atoms with Crippen LogP contribution < -0.4 is 10.2 Å². The normalized spacial score (nSPS) is 10.9. The number of ether oxygens (including phenoxy) is 1. The van der Waals surface area contributed by atoms with Crippen LogP contribution in [0.5, 0.6) is 5.75 Å². The molecule has 0 bridgehead atoms. The Bertz CT molecular complexity index is 814. The Kier molecular flexibility index (Phi) is 6.43. The lowest BCUT2D eigenvalue weighted by atomic mass is 10.0. The van der Waals surface area contributed by atoms with Crippen LogP contribution in [-0.4, -0.2) is 23.7 Å². The van der Waals surface area contributed by atoms with Crippen LogP contribution in [0.15, 0.2) is 47.6 Å². The van der Waals surface area contributed by atoms with Gasteiger partial charge in [-0.1, -0.05) is 26.0 Å². The third kappa shape index (κ3) is 5.41. The van der Waals surface area contributed by atoms with Gasteiger partial charge in [0.05, 0.1) is 11.1 Å². The van der Waals surface area contributed by atoms with Gasteiger partial charge in [-0.25, -0.2) is 5.43 Å². The molecule has 0 aliphatic heterocycles. The standard InChI is InChI=1S/C19H21N3O4/c1-13(2)16-7-4-14(3)18(10-16)26-12-19(23)21-20-11-15-5-8-17(9-6-15)22(24)25/h4-11,13H,12H2,1-3H3,(H,21,23)/b20-11+. The summed E-state index contributed by atoms with van der Waals surface area (Å²) in [5.74, 6) is 0.654. The molecule has 2 aromatic rings. The molecule has 7 heteroatoms. The maximum atomic E-state index is 11.8. The lowest BCUT2D eigenvalue weighted by molar-refractivity contribution is -0.384. The monoisotopic (exact) mass is 355 g/mol. The number of hydrazone groups is 1. The number of nitro benzene ring substituents is 1. The van der Waals surface area contributed by atoms with Crippen molar-refractivity contribution in [2.75, 3.05) is 6.61 Å². The van der Waals surface area contributed by atoms with E-state index in [1.807, 2.05) is 25.1 Å². The highest BCUT2D eigenvalue weighted by Gasteiger charge is 2.07. The zero-order valence-corrected chi connectivity index (χ0v) is 14.9. The van der Waals surface area contributed by atoms with Gasteiger partial charge in [-0.05, 0) is 47.7 Å². The molecule has 0 spiro atoms. The van der Waals surface area contributed by atoms with E-state index < -0.39 is 10.8 Å². The molecule has 0 heterocycles. The summed E-state index contributed by atoms with van der Waals surface area (Å²) in [6.45, 7) is 5.95. The van der Waals surface area contributed by atoms with E-state index in [0.29, 0.717) is 17.2 Å². The zero-order valence-electron chi connectivity index (χ0n) is 14.9. The molecule has 26 heavy (non-hydrogen) atoms. The Morgan fingerprint density at radius 1 is 1.27 bits per heavy atom. The average molecular weight is 355 g/mol. The van der Waals surface area contributed by atoms with Crippen molar-refractivity contribution in [2.24, 2.45) is 5.10 Å². The number of carbonyl (C=O) groups excluding carboxylic acids is 1. The number of nitrogens with zero attached hydrogens (tertiary/aromatic N) is 2. The summed E-state index contributed by atoms with van der Waals surface area (Å²) in [4.78, 5) is 22.0. The molecule has 1 N–H and O–H groups in total. The summed E-state index contributed by atoms with van der Waals surface area (Å²) in [7, 11) is 0. The lowest BCUT2D eigenvalue weighted by Crippen LogP contribution is -2.24. The molecule has 136 valence electrons.